The van der Waals surface area contributed by atoms with E-state index in [9.17, 15) is 0 Å². The van der Waals surface area contributed by atoms with E-state index in [1.807, 2.05) is 12.3 Å². The molecule has 10 heavy (non-hydrogen) atoms. The van der Waals surface area contributed by atoms with Crippen LogP contribution in [0.15, 0.2) is 21.8 Å². The van der Waals surface area contributed by atoms with E-state index in [1.165, 1.54) is 0 Å². The summed E-state index contributed by atoms with van der Waals surface area (Å²) < 4.78 is 0.852. The molecule has 0 aliphatic heterocycles. The van der Waals surface area contributed by atoms with E-state index in [1.54, 1.807) is 18.0 Å². The molecule has 1 aromatic heterocycles. The van der Waals surface area contributed by atoms with Crippen LogP contribution in [0.1, 0.15) is 0 Å². The van der Waals surface area contributed by atoms with Crippen molar-refractivity contribution in [3.05, 3.63) is 16.7 Å². The topological polar surface area (TPSA) is 38.9 Å². The van der Waals surface area contributed by atoms with Crippen LogP contribution >= 0.6 is 27.7 Å². The molecular weight excluding hydrogens is 212 g/mol. The van der Waals surface area contributed by atoms with Crippen LogP contribution in [-0.2, 0) is 0 Å². The van der Waals surface area contributed by atoms with Crippen molar-refractivity contribution in [3.8, 4) is 0 Å². The fraction of sp³-hybridized carbons (Fsp3) is 0.167. The van der Waals surface area contributed by atoms with Crippen molar-refractivity contribution in [3.63, 3.8) is 0 Å². The summed E-state index contributed by atoms with van der Waals surface area (Å²) in [4.78, 5) is 4.09. The van der Waals surface area contributed by atoms with Crippen LogP contribution in [0.4, 0.5) is 5.69 Å². The summed E-state index contributed by atoms with van der Waals surface area (Å²) in [6.07, 6.45) is 3.68. The van der Waals surface area contributed by atoms with E-state index in [4.69, 9.17) is 5.73 Å². The van der Waals surface area contributed by atoms with Gasteiger partial charge in [0, 0.05) is 6.20 Å². The Hall–Kier alpha value is -0.220. The Morgan fingerprint density at radius 1 is 1.70 bits per heavy atom. The van der Waals surface area contributed by atoms with Crippen LogP contribution in [0.2, 0.25) is 0 Å². The molecule has 0 unspecified atom stereocenters. The van der Waals surface area contributed by atoms with E-state index in [-0.39, 0.29) is 0 Å². The van der Waals surface area contributed by atoms with Crippen molar-refractivity contribution >= 4 is 33.4 Å². The summed E-state index contributed by atoms with van der Waals surface area (Å²) in [7, 11) is 0. The molecule has 1 aromatic rings. The zero-order valence-electron chi connectivity index (χ0n) is 5.47. The molecule has 0 aliphatic carbocycles. The second kappa shape index (κ2) is 3.25. The largest absolute Gasteiger partial charge is 0.398 e. The van der Waals surface area contributed by atoms with Gasteiger partial charge < -0.3 is 5.73 Å². The number of hydrogen-bond acceptors (Lipinski definition) is 3. The maximum absolute atomic E-state index is 5.60. The maximum Gasteiger partial charge on any atom is 0.0978 e. The highest BCUT2D eigenvalue weighted by atomic mass is 79.9. The lowest BCUT2D eigenvalue weighted by molar-refractivity contribution is 1.13. The number of nitrogen functional groups attached to an aromatic ring is 1. The minimum absolute atomic E-state index is 0.736. The molecule has 2 nitrogen and oxygen atoms in total. The van der Waals surface area contributed by atoms with Crippen molar-refractivity contribution in [2.75, 3.05) is 12.0 Å². The number of nitrogens with two attached hydrogens (primary N) is 1. The van der Waals surface area contributed by atoms with E-state index < -0.39 is 0 Å². The maximum atomic E-state index is 5.60. The monoisotopic (exact) mass is 218 g/mol. The van der Waals surface area contributed by atoms with E-state index in [2.05, 4.69) is 20.9 Å². The van der Waals surface area contributed by atoms with Crippen LogP contribution in [0, 0.1) is 0 Å². The number of thioether (sulfide) groups is 1. The molecule has 4 heteroatoms. The Kier molecular flexibility index (Phi) is 2.56. The highest BCUT2D eigenvalue weighted by molar-refractivity contribution is 9.10. The Bertz CT molecular complexity index is 239. The minimum Gasteiger partial charge on any atom is -0.398 e. The summed E-state index contributed by atoms with van der Waals surface area (Å²) in [5.74, 6) is 0. The smallest absolute Gasteiger partial charge is 0.0978 e. The molecule has 0 atom stereocenters. The van der Waals surface area contributed by atoms with Gasteiger partial charge in [-0.2, -0.15) is 0 Å². The predicted molar refractivity (Wildman–Crippen MR) is 48.1 cm³/mol. The van der Waals surface area contributed by atoms with Crippen LogP contribution in [-0.4, -0.2) is 11.2 Å². The van der Waals surface area contributed by atoms with Gasteiger partial charge in [-0.1, -0.05) is 0 Å². The first-order valence-electron chi connectivity index (χ1n) is 2.69. The van der Waals surface area contributed by atoms with Gasteiger partial charge in [0.15, 0.2) is 0 Å². The van der Waals surface area contributed by atoms with Gasteiger partial charge in [0.05, 0.1) is 15.2 Å². The molecular formula is C6H7BrN2S. The van der Waals surface area contributed by atoms with Crippen molar-refractivity contribution in [1.82, 2.24) is 4.98 Å². The Labute approximate surface area is 72.3 Å². The number of anilines is 1. The summed E-state index contributed by atoms with van der Waals surface area (Å²) in [6.45, 7) is 0. The molecule has 2 N–H and O–H groups in total. The first kappa shape index (κ1) is 7.88. The quantitative estimate of drug-likeness (QED) is 0.735. The van der Waals surface area contributed by atoms with Crippen molar-refractivity contribution in [2.24, 2.45) is 0 Å². The molecule has 0 aromatic carbocycles. The molecule has 0 saturated heterocycles. The number of rotatable bonds is 1. The van der Waals surface area contributed by atoms with Gasteiger partial charge in [-0.05, 0) is 28.3 Å². The lowest BCUT2D eigenvalue weighted by Gasteiger charge is -1.98. The summed E-state index contributed by atoms with van der Waals surface area (Å²) in [5.41, 5.74) is 6.33. The van der Waals surface area contributed by atoms with Crippen molar-refractivity contribution in [1.29, 1.82) is 0 Å². The minimum atomic E-state index is 0.736. The third-order valence-electron chi connectivity index (χ3n) is 1.07. The first-order chi connectivity index (χ1) is 4.74. The lowest BCUT2D eigenvalue weighted by Crippen LogP contribution is -1.88. The summed E-state index contributed by atoms with van der Waals surface area (Å²) in [6, 6.07) is 1.84. The third-order valence-corrected chi connectivity index (χ3v) is 2.37. The number of pyridine rings is 1. The second-order valence-electron chi connectivity index (χ2n) is 1.75. The average Bonchev–Trinajstić information content (AvgIpc) is 1.95. The molecule has 1 heterocycles. The number of nitrogens with zero attached hydrogens (tertiary/aromatic N) is 1. The molecule has 0 radical (unpaired) electrons. The average molecular weight is 219 g/mol. The molecule has 0 saturated carbocycles. The zero-order chi connectivity index (χ0) is 7.56. The van der Waals surface area contributed by atoms with Gasteiger partial charge >= 0.3 is 0 Å². The molecule has 0 fully saturated rings. The highest BCUT2D eigenvalue weighted by Gasteiger charge is 1.96. The predicted octanol–water partition coefficient (Wildman–Crippen LogP) is 2.15. The molecule has 1 rings (SSSR count). The number of halogens is 1. The Balaban J connectivity index is 3.04. The summed E-state index contributed by atoms with van der Waals surface area (Å²) in [5, 5.41) is 0.945. The summed E-state index contributed by atoms with van der Waals surface area (Å²) >= 11 is 4.84. The molecule has 0 spiro atoms. The second-order valence-corrected chi connectivity index (χ2v) is 3.43. The SMILES string of the molecule is CSc1cc(N)c(Br)cn1. The highest BCUT2D eigenvalue weighted by Crippen LogP contribution is 2.21. The molecule has 0 amide bonds. The zero-order valence-corrected chi connectivity index (χ0v) is 7.87. The van der Waals surface area contributed by atoms with E-state index in [0.717, 1.165) is 15.2 Å². The van der Waals surface area contributed by atoms with Gasteiger partial charge in [0.2, 0.25) is 0 Å². The number of aromatic nitrogens is 1. The van der Waals surface area contributed by atoms with Gasteiger partial charge in [-0.15, -0.1) is 11.8 Å². The fourth-order valence-corrected chi connectivity index (χ4v) is 1.17. The molecule has 0 aliphatic rings. The Morgan fingerprint density at radius 3 is 2.90 bits per heavy atom. The van der Waals surface area contributed by atoms with Crippen molar-refractivity contribution in [2.45, 2.75) is 5.03 Å². The number of hydrogen-bond donors (Lipinski definition) is 1. The molecule has 54 valence electrons. The van der Waals surface area contributed by atoms with Gasteiger partial charge in [-0.3, -0.25) is 0 Å². The van der Waals surface area contributed by atoms with E-state index >= 15 is 0 Å². The Morgan fingerprint density at radius 2 is 2.40 bits per heavy atom. The normalized spacial score (nSPS) is 9.80. The standard InChI is InChI=1S/C6H7BrN2S/c1-10-6-2-5(8)4(7)3-9-6/h2-3H,1H3,(H2,8,9). The van der Waals surface area contributed by atoms with Crippen LogP contribution in [0.25, 0.3) is 0 Å². The van der Waals surface area contributed by atoms with Crippen LogP contribution in [0.5, 0.6) is 0 Å². The van der Waals surface area contributed by atoms with E-state index in [0.29, 0.717) is 0 Å². The lowest BCUT2D eigenvalue weighted by atomic mass is 10.4. The van der Waals surface area contributed by atoms with Gasteiger partial charge in [0.1, 0.15) is 0 Å². The first-order valence-corrected chi connectivity index (χ1v) is 4.71. The van der Waals surface area contributed by atoms with Gasteiger partial charge in [0.25, 0.3) is 0 Å². The fourth-order valence-electron chi connectivity index (χ4n) is 0.546. The van der Waals surface area contributed by atoms with Gasteiger partial charge in [-0.25, -0.2) is 4.98 Å². The van der Waals surface area contributed by atoms with Crippen LogP contribution < -0.4 is 5.73 Å². The third kappa shape index (κ3) is 1.64. The van der Waals surface area contributed by atoms with Crippen molar-refractivity contribution < 1.29 is 0 Å². The molecule has 0 bridgehead atoms. The van der Waals surface area contributed by atoms with Crippen LogP contribution in [0.3, 0.4) is 0 Å².